The second kappa shape index (κ2) is 10.8. The van der Waals surface area contributed by atoms with Crippen molar-refractivity contribution in [3.05, 3.63) is 53.6 Å². The van der Waals surface area contributed by atoms with Gasteiger partial charge in [-0.05, 0) is 76.3 Å². The van der Waals surface area contributed by atoms with E-state index in [1.54, 1.807) is 37.4 Å². The Bertz CT molecular complexity index is 907. The third-order valence-corrected chi connectivity index (χ3v) is 5.35. The van der Waals surface area contributed by atoms with E-state index in [9.17, 15) is 9.59 Å². The van der Waals surface area contributed by atoms with Gasteiger partial charge < -0.3 is 25.2 Å². The molecule has 1 aliphatic heterocycles. The lowest BCUT2D eigenvalue weighted by Crippen LogP contribution is -2.29. The van der Waals surface area contributed by atoms with E-state index in [1.165, 1.54) is 0 Å². The molecule has 0 unspecified atom stereocenters. The van der Waals surface area contributed by atoms with Crippen molar-refractivity contribution in [2.24, 2.45) is 0 Å². The maximum atomic E-state index is 13.0. The first-order chi connectivity index (χ1) is 15.0. The van der Waals surface area contributed by atoms with Crippen molar-refractivity contribution in [3.8, 4) is 5.75 Å². The summed E-state index contributed by atoms with van der Waals surface area (Å²) in [5, 5.41) is 5.93. The van der Waals surface area contributed by atoms with E-state index in [0.29, 0.717) is 29.1 Å². The molecule has 1 aliphatic rings. The van der Waals surface area contributed by atoms with Crippen LogP contribution in [0.2, 0.25) is 0 Å². The standard InChI is InChI=1S/C24H32N4O3/c1-27(2)13-7-12-25-24(30)21-17-19(10-11-22(21)28-14-4-5-15-28)26-23(29)18-8-6-9-20(16-18)31-3/h6,8-11,16-17H,4-5,7,12-15H2,1-3H3,(H,25,30)(H,26,29). The van der Waals surface area contributed by atoms with Crippen LogP contribution in [0.25, 0.3) is 0 Å². The Kier molecular flexibility index (Phi) is 7.89. The van der Waals surface area contributed by atoms with Crippen molar-refractivity contribution in [3.63, 3.8) is 0 Å². The largest absolute Gasteiger partial charge is 0.497 e. The summed E-state index contributed by atoms with van der Waals surface area (Å²) in [6.45, 7) is 3.40. The second-order valence-electron chi connectivity index (χ2n) is 8.02. The van der Waals surface area contributed by atoms with Gasteiger partial charge in [0.05, 0.1) is 12.7 Å². The van der Waals surface area contributed by atoms with Gasteiger partial charge in [-0.3, -0.25) is 9.59 Å². The van der Waals surface area contributed by atoms with Gasteiger partial charge in [-0.15, -0.1) is 0 Å². The molecule has 2 aromatic rings. The summed E-state index contributed by atoms with van der Waals surface area (Å²) in [7, 11) is 5.60. The van der Waals surface area contributed by atoms with Crippen LogP contribution in [0.15, 0.2) is 42.5 Å². The van der Waals surface area contributed by atoms with Gasteiger partial charge in [-0.2, -0.15) is 0 Å². The molecule has 166 valence electrons. The summed E-state index contributed by atoms with van der Waals surface area (Å²) in [6.07, 6.45) is 3.13. The number of methoxy groups -OCH3 is 1. The van der Waals surface area contributed by atoms with Gasteiger partial charge in [0.2, 0.25) is 0 Å². The SMILES string of the molecule is COc1cccc(C(=O)Nc2ccc(N3CCCC3)c(C(=O)NCCCN(C)C)c2)c1. The third-order valence-electron chi connectivity index (χ3n) is 5.35. The maximum absolute atomic E-state index is 13.0. The zero-order valence-corrected chi connectivity index (χ0v) is 18.6. The van der Waals surface area contributed by atoms with Crippen LogP contribution in [0, 0.1) is 0 Å². The number of nitrogens with zero attached hydrogens (tertiary/aromatic N) is 2. The second-order valence-corrected chi connectivity index (χ2v) is 8.02. The van der Waals surface area contributed by atoms with Crippen molar-refractivity contribution in [1.29, 1.82) is 0 Å². The van der Waals surface area contributed by atoms with E-state index in [2.05, 4.69) is 20.4 Å². The van der Waals surface area contributed by atoms with Crippen LogP contribution in [0.1, 0.15) is 40.0 Å². The monoisotopic (exact) mass is 424 g/mol. The molecular weight excluding hydrogens is 392 g/mol. The first-order valence-electron chi connectivity index (χ1n) is 10.8. The summed E-state index contributed by atoms with van der Waals surface area (Å²) < 4.78 is 5.20. The summed E-state index contributed by atoms with van der Waals surface area (Å²) in [6, 6.07) is 12.5. The number of benzene rings is 2. The van der Waals surface area contributed by atoms with Gasteiger partial charge in [0.25, 0.3) is 11.8 Å². The summed E-state index contributed by atoms with van der Waals surface area (Å²) in [5.41, 5.74) is 2.60. The predicted molar refractivity (Wildman–Crippen MR) is 124 cm³/mol. The number of rotatable bonds is 9. The quantitative estimate of drug-likeness (QED) is 0.605. The number of hydrogen-bond donors (Lipinski definition) is 2. The number of ether oxygens (including phenoxy) is 1. The molecule has 2 amide bonds. The van der Waals surface area contributed by atoms with Gasteiger partial charge in [0, 0.05) is 36.6 Å². The van der Waals surface area contributed by atoms with Crippen LogP contribution in [-0.4, -0.2) is 64.1 Å². The molecule has 1 heterocycles. The highest BCUT2D eigenvalue weighted by Crippen LogP contribution is 2.28. The summed E-state index contributed by atoms with van der Waals surface area (Å²) >= 11 is 0. The first kappa shape index (κ1) is 22.6. The molecule has 0 atom stereocenters. The molecular formula is C24H32N4O3. The van der Waals surface area contributed by atoms with Crippen LogP contribution < -0.4 is 20.3 Å². The lowest BCUT2D eigenvalue weighted by Gasteiger charge is -2.22. The molecule has 31 heavy (non-hydrogen) atoms. The van der Waals surface area contributed by atoms with Crippen molar-refractivity contribution >= 4 is 23.2 Å². The van der Waals surface area contributed by atoms with Gasteiger partial charge in [0.1, 0.15) is 5.75 Å². The third kappa shape index (κ3) is 6.21. The molecule has 7 nitrogen and oxygen atoms in total. The molecule has 2 aromatic carbocycles. The first-order valence-corrected chi connectivity index (χ1v) is 10.8. The van der Waals surface area contributed by atoms with Crippen LogP contribution in [0.3, 0.4) is 0 Å². The van der Waals surface area contributed by atoms with Crippen molar-refractivity contribution < 1.29 is 14.3 Å². The minimum Gasteiger partial charge on any atom is -0.497 e. The predicted octanol–water partition coefficient (Wildman–Crippen LogP) is 3.23. The fraction of sp³-hybridized carbons (Fsp3) is 0.417. The summed E-state index contributed by atoms with van der Waals surface area (Å²) in [5.74, 6) is 0.262. The van der Waals surface area contributed by atoms with E-state index < -0.39 is 0 Å². The molecule has 0 aromatic heterocycles. The topological polar surface area (TPSA) is 73.9 Å². The number of carbonyl (C=O) groups excluding carboxylic acids is 2. The van der Waals surface area contributed by atoms with Gasteiger partial charge in [-0.25, -0.2) is 0 Å². The van der Waals surface area contributed by atoms with Crippen molar-refractivity contribution in [1.82, 2.24) is 10.2 Å². The minimum absolute atomic E-state index is 0.113. The van der Waals surface area contributed by atoms with Gasteiger partial charge >= 0.3 is 0 Å². The highest BCUT2D eigenvalue weighted by Gasteiger charge is 2.20. The van der Waals surface area contributed by atoms with E-state index in [0.717, 1.165) is 44.6 Å². The average molecular weight is 425 g/mol. The number of amides is 2. The van der Waals surface area contributed by atoms with Gasteiger partial charge in [-0.1, -0.05) is 6.07 Å². The van der Waals surface area contributed by atoms with E-state index >= 15 is 0 Å². The Hall–Kier alpha value is -3.06. The zero-order chi connectivity index (χ0) is 22.2. The average Bonchev–Trinajstić information content (AvgIpc) is 3.31. The van der Waals surface area contributed by atoms with Crippen molar-refractivity contribution in [2.45, 2.75) is 19.3 Å². The molecule has 0 saturated carbocycles. The fourth-order valence-corrected chi connectivity index (χ4v) is 3.69. The Morgan fingerprint density at radius 2 is 1.84 bits per heavy atom. The number of carbonyl (C=O) groups is 2. The molecule has 0 radical (unpaired) electrons. The minimum atomic E-state index is -0.245. The number of hydrogen-bond acceptors (Lipinski definition) is 5. The molecule has 0 spiro atoms. The fourth-order valence-electron chi connectivity index (χ4n) is 3.69. The van der Waals surface area contributed by atoms with Crippen LogP contribution >= 0.6 is 0 Å². The smallest absolute Gasteiger partial charge is 0.255 e. The summed E-state index contributed by atoms with van der Waals surface area (Å²) in [4.78, 5) is 30.0. The lowest BCUT2D eigenvalue weighted by atomic mass is 10.1. The van der Waals surface area contributed by atoms with E-state index in [1.807, 2.05) is 26.2 Å². The molecule has 1 fully saturated rings. The highest BCUT2D eigenvalue weighted by atomic mass is 16.5. The Morgan fingerprint density at radius 3 is 2.55 bits per heavy atom. The van der Waals surface area contributed by atoms with Crippen molar-refractivity contribution in [2.75, 3.05) is 57.6 Å². The molecule has 7 heteroatoms. The lowest BCUT2D eigenvalue weighted by molar-refractivity contribution is 0.0951. The van der Waals surface area contributed by atoms with E-state index in [4.69, 9.17) is 4.74 Å². The molecule has 0 bridgehead atoms. The highest BCUT2D eigenvalue weighted by molar-refractivity contribution is 6.06. The molecule has 2 N–H and O–H groups in total. The van der Waals surface area contributed by atoms with Gasteiger partial charge in [0.15, 0.2) is 0 Å². The van der Waals surface area contributed by atoms with Crippen LogP contribution in [-0.2, 0) is 0 Å². The molecule has 0 aliphatic carbocycles. The Labute approximate surface area is 184 Å². The Morgan fingerprint density at radius 1 is 1.06 bits per heavy atom. The van der Waals surface area contributed by atoms with E-state index in [-0.39, 0.29) is 11.8 Å². The Balaban J connectivity index is 1.77. The van der Waals surface area contributed by atoms with Crippen LogP contribution in [0.5, 0.6) is 5.75 Å². The molecule has 1 saturated heterocycles. The van der Waals surface area contributed by atoms with Crippen LogP contribution in [0.4, 0.5) is 11.4 Å². The number of nitrogens with one attached hydrogen (secondary N) is 2. The molecule has 3 rings (SSSR count). The normalized spacial score (nSPS) is 13.4. The zero-order valence-electron chi connectivity index (χ0n) is 18.6. The maximum Gasteiger partial charge on any atom is 0.255 e. The number of anilines is 2.